The highest BCUT2D eigenvalue weighted by Gasteiger charge is 2.41. The third-order valence-electron chi connectivity index (χ3n) is 3.84. The van der Waals surface area contributed by atoms with Crippen molar-refractivity contribution in [1.29, 1.82) is 0 Å². The molecule has 0 aliphatic carbocycles. The Balaban J connectivity index is 2.58. The summed E-state index contributed by atoms with van der Waals surface area (Å²) in [4.78, 5) is 12.5. The minimum Gasteiger partial charge on any atom is -0.493 e. The molecule has 1 aliphatic heterocycles. The number of aliphatic hydroxyl groups is 2. The van der Waals surface area contributed by atoms with Crippen molar-refractivity contribution in [3.63, 3.8) is 0 Å². The van der Waals surface area contributed by atoms with Gasteiger partial charge in [0.25, 0.3) is 0 Å². The molecule has 0 aromatic heterocycles. The highest BCUT2D eigenvalue weighted by atomic mass is 16.5. The summed E-state index contributed by atoms with van der Waals surface area (Å²) in [6, 6.07) is 3.58. The number of ether oxygens (including phenoxy) is 1. The van der Waals surface area contributed by atoms with Crippen molar-refractivity contribution in [2.45, 2.75) is 20.3 Å². The summed E-state index contributed by atoms with van der Waals surface area (Å²) in [5, 5.41) is 18.9. The predicted molar refractivity (Wildman–Crippen MR) is 67.0 cm³/mol. The van der Waals surface area contributed by atoms with Crippen molar-refractivity contribution in [3.8, 4) is 5.75 Å². The molecule has 0 radical (unpaired) electrons. The average molecular weight is 250 g/mol. The zero-order valence-corrected chi connectivity index (χ0v) is 10.7. The van der Waals surface area contributed by atoms with Gasteiger partial charge in [0.1, 0.15) is 5.75 Å². The lowest BCUT2D eigenvalue weighted by Crippen LogP contribution is -2.38. The van der Waals surface area contributed by atoms with E-state index in [1.165, 1.54) is 0 Å². The second kappa shape index (κ2) is 4.71. The van der Waals surface area contributed by atoms with Gasteiger partial charge in [-0.05, 0) is 37.5 Å². The van der Waals surface area contributed by atoms with Gasteiger partial charge in [-0.3, -0.25) is 4.79 Å². The number of rotatable bonds is 2. The van der Waals surface area contributed by atoms with Crippen molar-refractivity contribution >= 4 is 5.78 Å². The first-order valence-electron chi connectivity index (χ1n) is 6.05. The number of carbonyl (C=O) groups excluding carboxylic acids is 1. The van der Waals surface area contributed by atoms with Crippen LogP contribution in [0.25, 0.3) is 0 Å². The van der Waals surface area contributed by atoms with Crippen LogP contribution in [0.1, 0.15) is 27.9 Å². The summed E-state index contributed by atoms with van der Waals surface area (Å²) in [5.74, 6) is 0.354. The molecule has 0 atom stereocenters. The molecule has 4 nitrogen and oxygen atoms in total. The number of carbonyl (C=O) groups is 1. The maximum atomic E-state index is 12.5. The molecule has 0 saturated heterocycles. The van der Waals surface area contributed by atoms with Crippen LogP contribution in [-0.4, -0.2) is 35.8 Å². The Hall–Kier alpha value is -1.39. The van der Waals surface area contributed by atoms with E-state index in [4.69, 9.17) is 4.74 Å². The number of aryl methyl sites for hydroxylation is 1. The van der Waals surface area contributed by atoms with Gasteiger partial charge < -0.3 is 14.9 Å². The zero-order chi connectivity index (χ0) is 13.3. The number of hydrogen-bond acceptors (Lipinski definition) is 4. The summed E-state index contributed by atoms with van der Waals surface area (Å²) in [6.07, 6.45) is 0.325. The Morgan fingerprint density at radius 2 is 1.94 bits per heavy atom. The molecule has 18 heavy (non-hydrogen) atoms. The molecule has 0 unspecified atom stereocenters. The SMILES string of the molecule is Cc1ccc2c(c1C)OCCC(CO)(CO)C2=O. The standard InChI is InChI=1S/C14H18O4/c1-9-3-4-11-12(10(9)2)18-6-5-14(7-15,8-16)13(11)17/h3-4,15-16H,5-8H2,1-2H3. The molecule has 0 bridgehead atoms. The van der Waals surface area contributed by atoms with Gasteiger partial charge in [0, 0.05) is 0 Å². The lowest BCUT2D eigenvalue weighted by Gasteiger charge is -2.25. The van der Waals surface area contributed by atoms with E-state index in [1.54, 1.807) is 6.07 Å². The monoisotopic (exact) mass is 250 g/mol. The molecule has 0 saturated carbocycles. The van der Waals surface area contributed by atoms with Crippen LogP contribution in [-0.2, 0) is 0 Å². The van der Waals surface area contributed by atoms with Gasteiger partial charge in [-0.25, -0.2) is 0 Å². The Kier molecular flexibility index (Phi) is 3.41. The summed E-state index contributed by atoms with van der Waals surface area (Å²) in [5.41, 5.74) is 1.33. The molecule has 2 N–H and O–H groups in total. The summed E-state index contributed by atoms with van der Waals surface area (Å²) in [6.45, 7) is 3.46. The van der Waals surface area contributed by atoms with Gasteiger partial charge in [0.15, 0.2) is 5.78 Å². The van der Waals surface area contributed by atoms with Crippen LogP contribution in [0.2, 0.25) is 0 Å². The maximum absolute atomic E-state index is 12.5. The first-order valence-corrected chi connectivity index (χ1v) is 6.05. The Bertz CT molecular complexity index is 475. The van der Waals surface area contributed by atoms with Crippen LogP contribution >= 0.6 is 0 Å². The van der Waals surface area contributed by atoms with Crippen LogP contribution in [0.3, 0.4) is 0 Å². The van der Waals surface area contributed by atoms with Crippen LogP contribution in [0.15, 0.2) is 12.1 Å². The van der Waals surface area contributed by atoms with E-state index in [9.17, 15) is 15.0 Å². The number of hydrogen-bond donors (Lipinski definition) is 2. The van der Waals surface area contributed by atoms with E-state index >= 15 is 0 Å². The largest absolute Gasteiger partial charge is 0.493 e. The van der Waals surface area contributed by atoms with Crippen LogP contribution < -0.4 is 4.74 Å². The van der Waals surface area contributed by atoms with Crippen molar-refractivity contribution in [1.82, 2.24) is 0 Å². The molecular weight excluding hydrogens is 232 g/mol. The second-order valence-electron chi connectivity index (χ2n) is 4.91. The van der Waals surface area contributed by atoms with E-state index in [1.807, 2.05) is 19.9 Å². The first-order chi connectivity index (χ1) is 8.55. The average Bonchev–Trinajstić information content (AvgIpc) is 2.52. The highest BCUT2D eigenvalue weighted by Crippen LogP contribution is 2.37. The lowest BCUT2D eigenvalue weighted by molar-refractivity contribution is 0.0345. The lowest BCUT2D eigenvalue weighted by atomic mass is 9.79. The van der Waals surface area contributed by atoms with E-state index in [0.29, 0.717) is 24.3 Å². The molecule has 1 aromatic carbocycles. The van der Waals surface area contributed by atoms with Gasteiger partial charge >= 0.3 is 0 Å². The Labute approximate surface area is 106 Å². The molecule has 0 spiro atoms. The number of Topliss-reactive ketones (excluding diaryl/α,β-unsaturated/α-hetero) is 1. The Morgan fingerprint density at radius 3 is 2.56 bits per heavy atom. The molecule has 4 heteroatoms. The number of fused-ring (bicyclic) bond motifs is 1. The molecular formula is C14H18O4. The van der Waals surface area contributed by atoms with E-state index in [0.717, 1.165) is 11.1 Å². The van der Waals surface area contributed by atoms with E-state index in [2.05, 4.69) is 0 Å². The van der Waals surface area contributed by atoms with Crippen molar-refractivity contribution in [3.05, 3.63) is 28.8 Å². The van der Waals surface area contributed by atoms with Crippen LogP contribution in [0, 0.1) is 19.3 Å². The van der Waals surface area contributed by atoms with Gasteiger partial charge in [-0.2, -0.15) is 0 Å². The van der Waals surface area contributed by atoms with Crippen molar-refractivity contribution < 1.29 is 19.7 Å². The van der Waals surface area contributed by atoms with Crippen molar-refractivity contribution in [2.75, 3.05) is 19.8 Å². The van der Waals surface area contributed by atoms with Gasteiger partial charge in [0.2, 0.25) is 0 Å². The molecule has 0 fully saturated rings. The molecule has 98 valence electrons. The fourth-order valence-corrected chi connectivity index (χ4v) is 2.25. The normalized spacial score (nSPS) is 17.9. The summed E-state index contributed by atoms with van der Waals surface area (Å²) >= 11 is 0. The molecule has 0 amide bonds. The van der Waals surface area contributed by atoms with Gasteiger partial charge in [0.05, 0.1) is 30.8 Å². The fourth-order valence-electron chi connectivity index (χ4n) is 2.25. The quantitative estimate of drug-likeness (QED) is 0.828. The van der Waals surface area contributed by atoms with E-state index < -0.39 is 5.41 Å². The van der Waals surface area contributed by atoms with Gasteiger partial charge in [-0.1, -0.05) is 6.07 Å². The topological polar surface area (TPSA) is 66.8 Å². The van der Waals surface area contributed by atoms with E-state index in [-0.39, 0.29) is 19.0 Å². The summed E-state index contributed by atoms with van der Waals surface area (Å²) < 4.78 is 5.65. The number of benzene rings is 1. The molecule has 1 aliphatic rings. The second-order valence-corrected chi connectivity index (χ2v) is 4.91. The number of aliphatic hydroxyl groups excluding tert-OH is 2. The first kappa shape index (κ1) is 13.1. The van der Waals surface area contributed by atoms with Crippen LogP contribution in [0.5, 0.6) is 5.75 Å². The fraction of sp³-hybridized carbons (Fsp3) is 0.500. The van der Waals surface area contributed by atoms with Crippen LogP contribution in [0.4, 0.5) is 0 Å². The predicted octanol–water partition coefficient (Wildman–Crippen LogP) is 1.24. The third kappa shape index (κ3) is 1.82. The minimum absolute atomic E-state index is 0.233. The highest BCUT2D eigenvalue weighted by molar-refractivity contribution is 6.03. The van der Waals surface area contributed by atoms with Gasteiger partial charge in [-0.15, -0.1) is 0 Å². The maximum Gasteiger partial charge on any atom is 0.177 e. The molecule has 2 rings (SSSR count). The molecule has 1 aromatic rings. The van der Waals surface area contributed by atoms with Crippen molar-refractivity contribution in [2.24, 2.45) is 5.41 Å². The zero-order valence-electron chi connectivity index (χ0n) is 10.7. The molecule has 1 heterocycles. The summed E-state index contributed by atoms with van der Waals surface area (Å²) in [7, 11) is 0. The third-order valence-corrected chi connectivity index (χ3v) is 3.84. The minimum atomic E-state index is -1.12. The Morgan fingerprint density at radius 1 is 1.28 bits per heavy atom. The smallest absolute Gasteiger partial charge is 0.177 e. The number of ketones is 1.